The summed E-state index contributed by atoms with van der Waals surface area (Å²) < 4.78 is 11.2. The van der Waals surface area contributed by atoms with Gasteiger partial charge < -0.3 is 19.3 Å². The van der Waals surface area contributed by atoms with Gasteiger partial charge >= 0.3 is 0 Å². The number of rotatable bonds is 4. The quantitative estimate of drug-likeness (QED) is 0.842. The number of likely N-dealkylation sites (tertiary alicyclic amines) is 1. The van der Waals surface area contributed by atoms with Crippen LogP contribution < -0.4 is 4.74 Å². The minimum absolute atomic E-state index is 0.179. The highest BCUT2D eigenvalue weighted by molar-refractivity contribution is 5.79. The van der Waals surface area contributed by atoms with Gasteiger partial charge in [-0.15, -0.1) is 0 Å². The van der Waals surface area contributed by atoms with E-state index in [4.69, 9.17) is 9.47 Å². The molecule has 0 aromatic heterocycles. The minimum Gasteiger partial charge on any atom is -0.497 e. The molecular weight excluding hydrogens is 292 g/mol. The fourth-order valence-corrected chi connectivity index (χ4v) is 3.52. The molecule has 0 N–H and O–H groups in total. The third-order valence-electron chi connectivity index (χ3n) is 4.90. The molecule has 5 heteroatoms. The number of amides is 1. The largest absolute Gasteiger partial charge is 0.497 e. The molecule has 1 amide bonds. The third kappa shape index (κ3) is 3.85. The molecule has 23 heavy (non-hydrogen) atoms. The number of benzene rings is 1. The number of nitrogens with zero attached hydrogens (tertiary/aromatic N) is 2. The molecule has 2 saturated heterocycles. The maximum Gasteiger partial charge on any atom is 0.227 e. The van der Waals surface area contributed by atoms with E-state index < -0.39 is 0 Å². The van der Waals surface area contributed by atoms with Crippen LogP contribution in [0.3, 0.4) is 0 Å². The second-order valence-corrected chi connectivity index (χ2v) is 6.39. The number of hydrogen-bond acceptors (Lipinski definition) is 4. The molecule has 2 fully saturated rings. The van der Waals surface area contributed by atoms with Crippen LogP contribution >= 0.6 is 0 Å². The van der Waals surface area contributed by atoms with E-state index >= 15 is 0 Å². The van der Waals surface area contributed by atoms with Crippen molar-refractivity contribution in [2.24, 2.45) is 5.92 Å². The number of hydrogen-bond donors (Lipinski definition) is 0. The number of methoxy groups -OCH3 is 1. The summed E-state index contributed by atoms with van der Waals surface area (Å²) in [6.45, 7) is 7.57. The Labute approximate surface area is 138 Å². The second kappa shape index (κ2) is 7.32. The zero-order valence-corrected chi connectivity index (χ0v) is 14.0. The SMILES string of the molecule is CCN1CCO[C@@H]2CN(C(=O)Cc3cccc(OC)c3)C[C@@H]2C1. The van der Waals surface area contributed by atoms with Crippen LogP contribution in [-0.4, -0.2) is 68.3 Å². The van der Waals surface area contributed by atoms with Crippen molar-refractivity contribution in [1.29, 1.82) is 0 Å². The van der Waals surface area contributed by atoms with E-state index in [0.29, 0.717) is 12.3 Å². The Kier molecular flexibility index (Phi) is 5.18. The Balaban J connectivity index is 1.60. The van der Waals surface area contributed by atoms with Crippen LogP contribution in [0, 0.1) is 5.92 Å². The third-order valence-corrected chi connectivity index (χ3v) is 4.90. The van der Waals surface area contributed by atoms with Crippen molar-refractivity contribution < 1.29 is 14.3 Å². The molecule has 2 aliphatic rings. The average Bonchev–Trinajstić information content (AvgIpc) is 2.87. The molecule has 1 aromatic rings. The lowest BCUT2D eigenvalue weighted by Gasteiger charge is -2.21. The van der Waals surface area contributed by atoms with E-state index in [1.54, 1.807) is 7.11 Å². The first-order valence-corrected chi connectivity index (χ1v) is 8.44. The van der Waals surface area contributed by atoms with Crippen molar-refractivity contribution in [3.05, 3.63) is 29.8 Å². The van der Waals surface area contributed by atoms with E-state index in [1.807, 2.05) is 29.2 Å². The summed E-state index contributed by atoms with van der Waals surface area (Å²) in [5, 5.41) is 0. The van der Waals surface area contributed by atoms with Gasteiger partial charge in [0.2, 0.25) is 5.91 Å². The lowest BCUT2D eigenvalue weighted by molar-refractivity contribution is -0.130. The molecule has 0 bridgehead atoms. The molecule has 1 aromatic carbocycles. The lowest BCUT2D eigenvalue weighted by Crippen LogP contribution is -2.34. The van der Waals surface area contributed by atoms with Gasteiger partial charge in [0.05, 0.1) is 26.2 Å². The summed E-state index contributed by atoms with van der Waals surface area (Å²) in [5.74, 6) is 1.41. The van der Waals surface area contributed by atoms with Crippen LogP contribution in [-0.2, 0) is 16.0 Å². The Morgan fingerprint density at radius 2 is 2.22 bits per heavy atom. The average molecular weight is 318 g/mol. The van der Waals surface area contributed by atoms with Gasteiger partial charge in [-0.1, -0.05) is 19.1 Å². The van der Waals surface area contributed by atoms with Crippen LogP contribution in [0.25, 0.3) is 0 Å². The van der Waals surface area contributed by atoms with Gasteiger partial charge in [0, 0.05) is 32.1 Å². The Bertz CT molecular complexity index is 549. The monoisotopic (exact) mass is 318 g/mol. The van der Waals surface area contributed by atoms with Crippen LogP contribution in [0.4, 0.5) is 0 Å². The summed E-state index contributed by atoms with van der Waals surface area (Å²) in [6, 6.07) is 7.73. The Hall–Kier alpha value is -1.59. The molecular formula is C18H26N2O3. The van der Waals surface area contributed by atoms with Gasteiger partial charge in [-0.2, -0.15) is 0 Å². The first-order chi connectivity index (χ1) is 11.2. The summed E-state index contributed by atoms with van der Waals surface area (Å²) in [6.07, 6.45) is 0.620. The molecule has 0 saturated carbocycles. The van der Waals surface area contributed by atoms with Crippen LogP contribution in [0.1, 0.15) is 12.5 Å². The van der Waals surface area contributed by atoms with Crippen LogP contribution in [0.5, 0.6) is 5.75 Å². The van der Waals surface area contributed by atoms with Gasteiger partial charge in [-0.3, -0.25) is 4.79 Å². The molecule has 126 valence electrons. The Morgan fingerprint density at radius 3 is 3.00 bits per heavy atom. The maximum absolute atomic E-state index is 12.6. The Morgan fingerprint density at radius 1 is 1.35 bits per heavy atom. The highest BCUT2D eigenvalue weighted by Gasteiger charge is 2.37. The first-order valence-electron chi connectivity index (χ1n) is 8.44. The van der Waals surface area contributed by atoms with Crippen molar-refractivity contribution in [2.45, 2.75) is 19.4 Å². The maximum atomic E-state index is 12.6. The van der Waals surface area contributed by atoms with Crippen LogP contribution in [0.2, 0.25) is 0 Å². The van der Waals surface area contributed by atoms with E-state index in [2.05, 4.69) is 11.8 Å². The van der Waals surface area contributed by atoms with Crippen molar-refractivity contribution in [1.82, 2.24) is 9.80 Å². The number of fused-ring (bicyclic) bond motifs is 1. The van der Waals surface area contributed by atoms with E-state index in [-0.39, 0.29) is 12.0 Å². The topological polar surface area (TPSA) is 42.0 Å². The summed E-state index contributed by atoms with van der Waals surface area (Å²) in [5.41, 5.74) is 0.998. The predicted molar refractivity (Wildman–Crippen MR) is 88.6 cm³/mol. The molecule has 0 spiro atoms. The number of carbonyl (C=O) groups is 1. The zero-order chi connectivity index (χ0) is 16.2. The van der Waals surface area contributed by atoms with Crippen molar-refractivity contribution in [3.63, 3.8) is 0 Å². The van der Waals surface area contributed by atoms with Gasteiger partial charge in [0.1, 0.15) is 5.75 Å². The normalized spacial score (nSPS) is 25.0. The molecule has 2 aliphatic heterocycles. The van der Waals surface area contributed by atoms with Gasteiger partial charge in [-0.05, 0) is 24.2 Å². The molecule has 3 rings (SSSR count). The fourth-order valence-electron chi connectivity index (χ4n) is 3.52. The van der Waals surface area contributed by atoms with E-state index in [9.17, 15) is 4.79 Å². The smallest absolute Gasteiger partial charge is 0.227 e. The fraction of sp³-hybridized carbons (Fsp3) is 0.611. The molecule has 0 unspecified atom stereocenters. The summed E-state index contributed by atoms with van der Waals surface area (Å²) >= 11 is 0. The first kappa shape index (κ1) is 16.3. The summed E-state index contributed by atoms with van der Waals surface area (Å²) in [7, 11) is 1.64. The highest BCUT2D eigenvalue weighted by Crippen LogP contribution is 2.24. The van der Waals surface area contributed by atoms with Gasteiger partial charge in [0.15, 0.2) is 0 Å². The van der Waals surface area contributed by atoms with Gasteiger partial charge in [0.25, 0.3) is 0 Å². The van der Waals surface area contributed by atoms with Crippen LogP contribution in [0.15, 0.2) is 24.3 Å². The number of carbonyl (C=O) groups excluding carboxylic acids is 1. The highest BCUT2D eigenvalue weighted by atomic mass is 16.5. The standard InChI is InChI=1S/C18H26N2O3/c1-3-19-7-8-23-17-13-20(12-15(17)11-19)18(21)10-14-5-4-6-16(9-14)22-2/h4-6,9,15,17H,3,7-8,10-13H2,1-2H3/t15-,17+/m0/s1. The van der Waals surface area contributed by atoms with Crippen molar-refractivity contribution in [2.75, 3.05) is 46.4 Å². The number of ether oxygens (including phenoxy) is 2. The molecule has 2 atom stereocenters. The van der Waals surface area contributed by atoms with Crippen molar-refractivity contribution >= 4 is 5.91 Å². The molecule has 0 radical (unpaired) electrons. The van der Waals surface area contributed by atoms with Crippen molar-refractivity contribution in [3.8, 4) is 5.75 Å². The zero-order valence-electron chi connectivity index (χ0n) is 14.0. The lowest BCUT2D eigenvalue weighted by atomic mass is 10.1. The summed E-state index contributed by atoms with van der Waals surface area (Å²) in [4.78, 5) is 17.0. The van der Waals surface area contributed by atoms with E-state index in [1.165, 1.54) is 0 Å². The van der Waals surface area contributed by atoms with Gasteiger partial charge in [-0.25, -0.2) is 0 Å². The molecule has 0 aliphatic carbocycles. The minimum atomic E-state index is 0.179. The molecule has 5 nitrogen and oxygen atoms in total. The second-order valence-electron chi connectivity index (χ2n) is 6.39. The molecule has 2 heterocycles. The van der Waals surface area contributed by atoms with E-state index in [0.717, 1.165) is 50.6 Å². The number of likely N-dealkylation sites (N-methyl/N-ethyl adjacent to an activating group) is 1. The predicted octanol–water partition coefficient (Wildman–Crippen LogP) is 1.42.